The van der Waals surface area contributed by atoms with Crippen LogP contribution in [0.5, 0.6) is 0 Å². The normalized spacial score (nSPS) is 9.79. The van der Waals surface area contributed by atoms with Crippen LogP contribution in [0.1, 0.15) is 15.9 Å². The summed E-state index contributed by atoms with van der Waals surface area (Å²) in [5, 5.41) is 27.7. The predicted molar refractivity (Wildman–Crippen MR) is 46.0 cm³/mol. The van der Waals surface area contributed by atoms with Crippen LogP contribution < -0.4 is 0 Å². The van der Waals surface area contributed by atoms with E-state index in [1.54, 1.807) is 0 Å². The molecule has 0 aromatic heterocycles. The number of benzene rings is 1. The maximum Gasteiger partial charge on any atom is 0.335 e. The third-order valence-corrected chi connectivity index (χ3v) is 1.62. The molecule has 0 amide bonds. The number of aliphatic hydroxyl groups excluding tert-OH is 1. The van der Waals surface area contributed by atoms with Gasteiger partial charge in [-0.2, -0.15) is 0 Å². The van der Waals surface area contributed by atoms with Crippen molar-refractivity contribution in [2.24, 2.45) is 0 Å². The maximum absolute atomic E-state index is 10.5. The number of hydrogen-bond acceptors (Lipinski definition) is 4. The number of rotatable bonds is 3. The molecule has 14 heavy (non-hydrogen) atoms. The van der Waals surface area contributed by atoms with Gasteiger partial charge in [0.25, 0.3) is 5.69 Å². The van der Waals surface area contributed by atoms with E-state index in [-0.39, 0.29) is 16.8 Å². The number of non-ortho nitro benzene ring substituents is 1. The predicted octanol–water partition coefficient (Wildman–Crippen LogP) is 0.785. The second kappa shape index (κ2) is 3.84. The molecule has 6 nitrogen and oxygen atoms in total. The SMILES string of the molecule is O=C(O)c1cc(CO)cc([N+](=O)[O-])c1. The summed E-state index contributed by atoms with van der Waals surface area (Å²) in [7, 11) is 0. The molecule has 0 atom stereocenters. The monoisotopic (exact) mass is 197 g/mol. The molecule has 0 fully saturated rings. The molecule has 0 unspecified atom stereocenters. The summed E-state index contributed by atoms with van der Waals surface area (Å²) < 4.78 is 0. The highest BCUT2D eigenvalue weighted by atomic mass is 16.6. The van der Waals surface area contributed by atoms with E-state index in [4.69, 9.17) is 10.2 Å². The number of aromatic carboxylic acids is 1. The van der Waals surface area contributed by atoms with Crippen molar-refractivity contribution in [3.8, 4) is 0 Å². The summed E-state index contributed by atoms with van der Waals surface area (Å²) in [4.78, 5) is 20.2. The van der Waals surface area contributed by atoms with E-state index in [0.29, 0.717) is 0 Å². The smallest absolute Gasteiger partial charge is 0.335 e. The number of nitro groups is 1. The van der Waals surface area contributed by atoms with E-state index in [1.807, 2.05) is 0 Å². The van der Waals surface area contributed by atoms with E-state index >= 15 is 0 Å². The van der Waals surface area contributed by atoms with Crippen molar-refractivity contribution >= 4 is 11.7 Å². The van der Waals surface area contributed by atoms with Crippen LogP contribution in [0, 0.1) is 10.1 Å². The van der Waals surface area contributed by atoms with Gasteiger partial charge >= 0.3 is 5.97 Å². The van der Waals surface area contributed by atoms with Gasteiger partial charge in [-0.05, 0) is 11.6 Å². The number of carbonyl (C=O) groups is 1. The molecule has 6 heteroatoms. The minimum absolute atomic E-state index is 0.205. The Morgan fingerprint density at radius 2 is 2.07 bits per heavy atom. The van der Waals surface area contributed by atoms with E-state index in [9.17, 15) is 14.9 Å². The molecule has 0 spiro atoms. The summed E-state index contributed by atoms with van der Waals surface area (Å²) >= 11 is 0. The van der Waals surface area contributed by atoms with Crippen LogP contribution in [0.15, 0.2) is 18.2 Å². The fourth-order valence-corrected chi connectivity index (χ4v) is 0.994. The highest BCUT2D eigenvalue weighted by Crippen LogP contribution is 2.17. The molecule has 1 aromatic rings. The summed E-state index contributed by atoms with van der Waals surface area (Å²) in [6, 6.07) is 3.27. The van der Waals surface area contributed by atoms with Crippen LogP contribution in [-0.4, -0.2) is 21.1 Å². The Morgan fingerprint density at radius 3 is 2.50 bits per heavy atom. The topological polar surface area (TPSA) is 101 Å². The Hall–Kier alpha value is -1.95. The number of aliphatic hydroxyl groups is 1. The zero-order valence-corrected chi connectivity index (χ0v) is 7.01. The second-order valence-electron chi connectivity index (χ2n) is 2.61. The van der Waals surface area contributed by atoms with Gasteiger partial charge in [0.05, 0.1) is 17.1 Å². The lowest BCUT2D eigenvalue weighted by molar-refractivity contribution is -0.385. The summed E-state index contributed by atoms with van der Waals surface area (Å²) in [6.07, 6.45) is 0. The minimum Gasteiger partial charge on any atom is -0.478 e. The molecule has 0 aliphatic heterocycles. The van der Waals surface area contributed by atoms with Crippen molar-refractivity contribution in [2.75, 3.05) is 0 Å². The Balaban J connectivity index is 3.27. The molecule has 0 saturated heterocycles. The molecular weight excluding hydrogens is 190 g/mol. The molecule has 0 aliphatic rings. The molecule has 74 valence electrons. The average Bonchev–Trinajstić information content (AvgIpc) is 2.16. The van der Waals surface area contributed by atoms with E-state index in [2.05, 4.69) is 0 Å². The Labute approximate surface area is 78.6 Å². The maximum atomic E-state index is 10.5. The lowest BCUT2D eigenvalue weighted by Gasteiger charge is -1.99. The van der Waals surface area contributed by atoms with Gasteiger partial charge in [0.15, 0.2) is 0 Å². The van der Waals surface area contributed by atoms with Crippen LogP contribution in [-0.2, 0) is 6.61 Å². The highest BCUT2D eigenvalue weighted by Gasteiger charge is 2.12. The Morgan fingerprint density at radius 1 is 1.43 bits per heavy atom. The number of carboxylic acids is 1. The Bertz CT molecular complexity index is 355. The van der Waals surface area contributed by atoms with Crippen LogP contribution in [0.3, 0.4) is 0 Å². The zero-order chi connectivity index (χ0) is 10.7. The van der Waals surface area contributed by atoms with E-state index in [1.165, 1.54) is 6.07 Å². The van der Waals surface area contributed by atoms with Crippen LogP contribution >= 0.6 is 0 Å². The first-order valence-corrected chi connectivity index (χ1v) is 3.67. The third-order valence-electron chi connectivity index (χ3n) is 1.62. The summed E-state index contributed by atoms with van der Waals surface area (Å²) in [6.45, 7) is -0.429. The van der Waals surface area contributed by atoms with Crippen molar-refractivity contribution in [1.82, 2.24) is 0 Å². The van der Waals surface area contributed by atoms with Gasteiger partial charge in [-0.3, -0.25) is 10.1 Å². The standard InChI is InChI=1S/C8H7NO5/c10-4-5-1-6(8(11)12)3-7(2-5)9(13)14/h1-3,10H,4H2,(H,11,12). The molecule has 0 radical (unpaired) electrons. The lowest BCUT2D eigenvalue weighted by atomic mass is 10.1. The number of nitro benzene ring substituents is 1. The fraction of sp³-hybridized carbons (Fsp3) is 0.125. The summed E-state index contributed by atoms with van der Waals surface area (Å²) in [5.41, 5.74) is -0.339. The largest absolute Gasteiger partial charge is 0.478 e. The van der Waals surface area contributed by atoms with Crippen molar-refractivity contribution < 1.29 is 19.9 Å². The first kappa shape index (κ1) is 10.1. The molecular formula is C8H7NO5. The van der Waals surface area contributed by atoms with E-state index < -0.39 is 17.5 Å². The minimum atomic E-state index is -1.26. The molecule has 0 saturated carbocycles. The van der Waals surface area contributed by atoms with Gasteiger partial charge in [-0.15, -0.1) is 0 Å². The van der Waals surface area contributed by atoms with Gasteiger partial charge in [0.1, 0.15) is 0 Å². The quantitative estimate of drug-likeness (QED) is 0.550. The molecule has 0 heterocycles. The highest BCUT2D eigenvalue weighted by molar-refractivity contribution is 5.88. The van der Waals surface area contributed by atoms with Crippen LogP contribution in [0.2, 0.25) is 0 Å². The average molecular weight is 197 g/mol. The van der Waals surface area contributed by atoms with Gasteiger partial charge in [-0.1, -0.05) is 0 Å². The van der Waals surface area contributed by atoms with Gasteiger partial charge < -0.3 is 10.2 Å². The molecule has 1 aromatic carbocycles. The number of nitrogens with zero attached hydrogens (tertiary/aromatic N) is 1. The Kier molecular flexibility index (Phi) is 2.78. The summed E-state index contributed by atoms with van der Waals surface area (Å²) in [5.74, 6) is -1.26. The number of hydrogen-bond donors (Lipinski definition) is 2. The molecule has 0 bridgehead atoms. The van der Waals surface area contributed by atoms with Crippen molar-refractivity contribution in [3.63, 3.8) is 0 Å². The van der Waals surface area contributed by atoms with Crippen molar-refractivity contribution in [1.29, 1.82) is 0 Å². The molecule has 2 N–H and O–H groups in total. The van der Waals surface area contributed by atoms with Crippen LogP contribution in [0.4, 0.5) is 5.69 Å². The van der Waals surface area contributed by atoms with Gasteiger partial charge in [0, 0.05) is 12.1 Å². The molecule has 0 aliphatic carbocycles. The molecule has 1 rings (SSSR count). The van der Waals surface area contributed by atoms with Crippen LogP contribution in [0.25, 0.3) is 0 Å². The second-order valence-corrected chi connectivity index (χ2v) is 2.61. The third kappa shape index (κ3) is 2.05. The zero-order valence-electron chi connectivity index (χ0n) is 7.01. The van der Waals surface area contributed by atoms with Gasteiger partial charge in [-0.25, -0.2) is 4.79 Å². The number of carboxylic acid groups (broad SMARTS) is 1. The first-order valence-electron chi connectivity index (χ1n) is 3.67. The fourth-order valence-electron chi connectivity index (χ4n) is 0.994. The van der Waals surface area contributed by atoms with E-state index in [0.717, 1.165) is 12.1 Å². The van der Waals surface area contributed by atoms with Gasteiger partial charge in [0.2, 0.25) is 0 Å². The van der Waals surface area contributed by atoms with Crippen molar-refractivity contribution in [2.45, 2.75) is 6.61 Å². The van der Waals surface area contributed by atoms with Crippen molar-refractivity contribution in [3.05, 3.63) is 39.4 Å². The first-order chi connectivity index (χ1) is 6.54. The lowest BCUT2D eigenvalue weighted by Crippen LogP contribution is -2.00.